The van der Waals surface area contributed by atoms with Gasteiger partial charge in [-0.15, -0.1) is 0 Å². The van der Waals surface area contributed by atoms with Crippen molar-refractivity contribution >= 4 is 35.0 Å². The second kappa shape index (κ2) is 7.70. The number of aliphatic carboxylic acids is 1. The highest BCUT2D eigenvalue weighted by Crippen LogP contribution is 2.32. The molecule has 0 saturated carbocycles. The molecule has 2 rings (SSSR count). The van der Waals surface area contributed by atoms with Gasteiger partial charge in [0.2, 0.25) is 0 Å². The van der Waals surface area contributed by atoms with Gasteiger partial charge in [0.15, 0.2) is 0 Å². The van der Waals surface area contributed by atoms with Crippen LogP contribution in [0.2, 0.25) is 5.02 Å². The second-order valence-corrected chi connectivity index (χ2v) is 5.58. The van der Waals surface area contributed by atoms with Gasteiger partial charge >= 0.3 is 12.0 Å². The molecule has 7 heteroatoms. The first-order valence-electron chi connectivity index (χ1n) is 7.20. The van der Waals surface area contributed by atoms with Gasteiger partial charge in [0.05, 0.1) is 22.3 Å². The number of carbonyl (C=O) groups is 2. The normalized spacial score (nSPS) is 11.6. The number of primary amides is 1. The Bertz CT molecular complexity index is 734. The molecule has 2 amide bonds. The number of urea groups is 1. The first-order chi connectivity index (χ1) is 11.4. The topological polar surface area (TPSA) is 92.9 Å². The molecule has 0 aromatic heterocycles. The molecule has 0 bridgehead atoms. The minimum atomic E-state index is -0.926. The van der Waals surface area contributed by atoms with Crippen LogP contribution in [0.15, 0.2) is 48.5 Å². The van der Waals surface area contributed by atoms with Gasteiger partial charge in [-0.2, -0.15) is 0 Å². The fraction of sp³-hybridized carbons (Fsp3) is 0.176. The molecule has 1 atom stereocenters. The Morgan fingerprint density at radius 2 is 1.83 bits per heavy atom. The highest BCUT2D eigenvalue weighted by atomic mass is 35.5. The van der Waals surface area contributed by atoms with Crippen molar-refractivity contribution in [2.24, 2.45) is 11.7 Å². The highest BCUT2D eigenvalue weighted by molar-refractivity contribution is 6.34. The zero-order chi connectivity index (χ0) is 17.7. The molecular formula is C17H17ClN2O4. The summed E-state index contributed by atoms with van der Waals surface area (Å²) < 4.78 is 5.41. The second-order valence-electron chi connectivity index (χ2n) is 5.17. The molecule has 0 aliphatic rings. The van der Waals surface area contributed by atoms with Crippen LogP contribution in [0.3, 0.4) is 0 Å². The Morgan fingerprint density at radius 3 is 2.38 bits per heavy atom. The molecule has 0 aliphatic heterocycles. The van der Waals surface area contributed by atoms with E-state index in [9.17, 15) is 9.59 Å². The minimum Gasteiger partial charge on any atom is -0.493 e. The molecule has 24 heavy (non-hydrogen) atoms. The van der Waals surface area contributed by atoms with Gasteiger partial charge in [0.25, 0.3) is 0 Å². The number of halogens is 1. The van der Waals surface area contributed by atoms with Crippen molar-refractivity contribution in [1.29, 1.82) is 0 Å². The van der Waals surface area contributed by atoms with E-state index in [1.165, 1.54) is 4.90 Å². The zero-order valence-corrected chi connectivity index (χ0v) is 13.7. The third-order valence-corrected chi connectivity index (χ3v) is 3.65. The van der Waals surface area contributed by atoms with E-state index < -0.39 is 17.9 Å². The van der Waals surface area contributed by atoms with Gasteiger partial charge in [-0.05, 0) is 43.3 Å². The molecular weight excluding hydrogens is 332 g/mol. The van der Waals surface area contributed by atoms with Crippen molar-refractivity contribution in [3.8, 4) is 5.75 Å². The van der Waals surface area contributed by atoms with Gasteiger partial charge in [-0.1, -0.05) is 23.7 Å². The van der Waals surface area contributed by atoms with Crippen molar-refractivity contribution in [2.75, 3.05) is 11.5 Å². The number of hydrogen-bond donors (Lipinski definition) is 2. The number of carbonyl (C=O) groups excluding carboxylic acids is 1. The number of benzene rings is 2. The van der Waals surface area contributed by atoms with Gasteiger partial charge in [-0.3, -0.25) is 9.69 Å². The maximum absolute atomic E-state index is 11.8. The summed E-state index contributed by atoms with van der Waals surface area (Å²) in [5.74, 6) is -1.05. The van der Waals surface area contributed by atoms with E-state index in [0.29, 0.717) is 22.1 Å². The van der Waals surface area contributed by atoms with Crippen molar-refractivity contribution < 1.29 is 19.4 Å². The van der Waals surface area contributed by atoms with Crippen LogP contribution >= 0.6 is 11.6 Å². The van der Waals surface area contributed by atoms with Crippen molar-refractivity contribution in [2.45, 2.75) is 6.92 Å². The van der Waals surface area contributed by atoms with Gasteiger partial charge in [0.1, 0.15) is 12.4 Å². The lowest BCUT2D eigenvalue weighted by molar-refractivity contribution is -0.142. The average Bonchev–Trinajstić information content (AvgIpc) is 2.55. The Labute approximate surface area is 144 Å². The number of hydrogen-bond acceptors (Lipinski definition) is 3. The summed E-state index contributed by atoms with van der Waals surface area (Å²) in [5.41, 5.74) is 6.47. The largest absolute Gasteiger partial charge is 0.493 e. The molecule has 3 N–H and O–H groups in total. The molecule has 0 radical (unpaired) electrons. The van der Waals surface area contributed by atoms with E-state index >= 15 is 0 Å². The summed E-state index contributed by atoms with van der Waals surface area (Å²) in [7, 11) is 0. The first kappa shape index (κ1) is 17.6. The smallest absolute Gasteiger partial charge is 0.323 e. The van der Waals surface area contributed by atoms with Crippen LogP contribution in [0.4, 0.5) is 16.2 Å². The molecule has 2 aromatic carbocycles. The summed E-state index contributed by atoms with van der Waals surface area (Å²) >= 11 is 6.13. The fourth-order valence-electron chi connectivity index (χ4n) is 2.00. The molecule has 6 nitrogen and oxygen atoms in total. The third-order valence-electron chi connectivity index (χ3n) is 3.33. The van der Waals surface area contributed by atoms with Gasteiger partial charge in [-0.25, -0.2) is 4.79 Å². The fourth-order valence-corrected chi connectivity index (χ4v) is 2.22. The Kier molecular flexibility index (Phi) is 5.65. The SMILES string of the molecule is CC(COc1ccc(N(C(N)=O)c2ccccc2Cl)cc1)C(=O)O. The number of anilines is 2. The summed E-state index contributed by atoms with van der Waals surface area (Å²) in [5, 5.41) is 9.23. The number of ether oxygens (including phenoxy) is 1. The Hall–Kier alpha value is -2.73. The van der Waals surface area contributed by atoms with Crippen LogP contribution < -0.4 is 15.4 Å². The van der Waals surface area contributed by atoms with Crippen LogP contribution in [0.25, 0.3) is 0 Å². The summed E-state index contributed by atoms with van der Waals surface area (Å²) in [6.45, 7) is 1.61. The van der Waals surface area contributed by atoms with E-state index in [-0.39, 0.29) is 6.61 Å². The number of carboxylic acid groups (broad SMARTS) is 1. The van der Waals surface area contributed by atoms with Gasteiger partial charge < -0.3 is 15.6 Å². The Morgan fingerprint density at radius 1 is 1.21 bits per heavy atom. The number of nitrogens with zero attached hydrogens (tertiary/aromatic N) is 1. The number of nitrogens with two attached hydrogens (primary N) is 1. The van der Waals surface area contributed by atoms with Crippen molar-refractivity contribution in [3.05, 3.63) is 53.6 Å². The maximum Gasteiger partial charge on any atom is 0.323 e. The lowest BCUT2D eigenvalue weighted by atomic mass is 10.2. The molecule has 2 aromatic rings. The number of para-hydroxylation sites is 1. The van der Waals surface area contributed by atoms with Crippen LogP contribution in [-0.2, 0) is 4.79 Å². The average molecular weight is 349 g/mol. The third kappa shape index (κ3) is 4.17. The highest BCUT2D eigenvalue weighted by Gasteiger charge is 2.18. The molecule has 126 valence electrons. The van der Waals surface area contributed by atoms with Crippen LogP contribution in [0.5, 0.6) is 5.75 Å². The minimum absolute atomic E-state index is 0.0543. The Balaban J connectivity index is 2.20. The number of rotatable bonds is 6. The molecule has 0 fully saturated rings. The molecule has 0 spiro atoms. The lowest BCUT2D eigenvalue weighted by Gasteiger charge is -2.22. The molecule has 0 aliphatic carbocycles. The van der Waals surface area contributed by atoms with E-state index in [1.807, 2.05) is 0 Å². The molecule has 0 saturated heterocycles. The molecule has 0 heterocycles. The van der Waals surface area contributed by atoms with Crippen molar-refractivity contribution in [1.82, 2.24) is 0 Å². The first-order valence-corrected chi connectivity index (χ1v) is 7.57. The predicted molar refractivity (Wildman–Crippen MR) is 91.9 cm³/mol. The lowest BCUT2D eigenvalue weighted by Crippen LogP contribution is -2.31. The van der Waals surface area contributed by atoms with Crippen LogP contribution in [0.1, 0.15) is 6.92 Å². The van der Waals surface area contributed by atoms with E-state index in [4.69, 9.17) is 27.2 Å². The standard InChI is InChI=1S/C17H17ClN2O4/c1-11(16(21)22)10-24-13-8-6-12(7-9-13)20(17(19)23)15-5-3-2-4-14(15)18/h2-9,11H,10H2,1H3,(H2,19,23)(H,21,22). The van der Waals surface area contributed by atoms with E-state index in [0.717, 1.165) is 0 Å². The monoisotopic (exact) mass is 348 g/mol. The molecule has 1 unspecified atom stereocenters. The predicted octanol–water partition coefficient (Wildman–Crippen LogP) is 3.66. The van der Waals surface area contributed by atoms with Crippen molar-refractivity contribution in [3.63, 3.8) is 0 Å². The summed E-state index contributed by atoms with van der Waals surface area (Å²) in [4.78, 5) is 23.9. The van der Waals surface area contributed by atoms with Gasteiger partial charge in [0, 0.05) is 0 Å². The zero-order valence-electron chi connectivity index (χ0n) is 13.0. The quantitative estimate of drug-likeness (QED) is 0.833. The maximum atomic E-state index is 11.8. The number of carboxylic acids is 1. The van der Waals surface area contributed by atoms with E-state index in [1.54, 1.807) is 55.5 Å². The van der Waals surface area contributed by atoms with Crippen LogP contribution in [-0.4, -0.2) is 23.7 Å². The van der Waals surface area contributed by atoms with E-state index in [2.05, 4.69) is 0 Å². The summed E-state index contributed by atoms with van der Waals surface area (Å²) in [6.07, 6.45) is 0. The van der Waals surface area contributed by atoms with Crippen LogP contribution in [0, 0.1) is 5.92 Å². The number of amides is 2. The summed E-state index contributed by atoms with van der Waals surface area (Å²) in [6, 6.07) is 12.8.